The fourth-order valence-electron chi connectivity index (χ4n) is 2.76. The average molecular weight is 354 g/mol. The molecule has 3 unspecified atom stereocenters. The lowest BCUT2D eigenvalue weighted by molar-refractivity contribution is -0.0121. The van der Waals surface area contributed by atoms with E-state index in [9.17, 15) is 10.2 Å². The fraction of sp³-hybridized carbons (Fsp3) is 1.00. The van der Waals surface area contributed by atoms with Gasteiger partial charge in [-0.1, -0.05) is 84.0 Å². The monoisotopic (exact) mass is 353 g/mol. The minimum Gasteiger partial charge on any atom is -0.395 e. The van der Waals surface area contributed by atoms with Crippen LogP contribution < -0.4 is 5.73 Å². The Labute approximate surface area is 149 Å². The molecule has 0 amide bonds. The summed E-state index contributed by atoms with van der Waals surface area (Å²) in [6.07, 6.45) is 14.1. The fourth-order valence-corrected chi connectivity index (χ4v) is 2.76. The van der Waals surface area contributed by atoms with Gasteiger partial charge in [0.1, 0.15) is 0 Å². The molecule has 0 saturated heterocycles. The van der Waals surface area contributed by atoms with E-state index >= 15 is 0 Å². The Hall–Kier alpha value is 0.130. The number of nitrogens with two attached hydrogens (primary N) is 1. The Morgan fingerprint density at radius 3 is 1.52 bits per heavy atom. The van der Waals surface area contributed by atoms with E-state index in [0.29, 0.717) is 6.42 Å². The van der Waals surface area contributed by atoms with Crippen LogP contribution in [0.5, 0.6) is 0 Å². The Balaban J connectivity index is 0. The van der Waals surface area contributed by atoms with Crippen LogP contribution in [-0.4, -0.2) is 40.2 Å². The van der Waals surface area contributed by atoms with Crippen molar-refractivity contribution in [1.82, 2.24) is 0 Å². The molecule has 0 aromatic carbocycles. The normalized spacial score (nSPS) is 15.0. The van der Waals surface area contributed by atoms with Crippen molar-refractivity contribution in [2.75, 3.05) is 6.61 Å². The number of aliphatic hydroxyl groups is 3. The van der Waals surface area contributed by atoms with Gasteiger partial charge in [-0.3, -0.25) is 0 Å². The average Bonchev–Trinajstić information content (AvgIpc) is 2.54. The Morgan fingerprint density at radius 2 is 1.13 bits per heavy atom. The molecule has 5 heteroatoms. The van der Waals surface area contributed by atoms with Crippen molar-refractivity contribution in [3.63, 3.8) is 0 Å². The lowest BCUT2D eigenvalue weighted by Gasteiger charge is -2.22. The molecule has 0 saturated carbocycles. The van der Waals surface area contributed by atoms with Crippen LogP contribution >= 0.6 is 12.4 Å². The number of hydrogen-bond donors (Lipinski definition) is 4. The van der Waals surface area contributed by atoms with Crippen LogP contribution in [0.2, 0.25) is 0 Å². The third-order valence-corrected chi connectivity index (χ3v) is 4.40. The van der Waals surface area contributed by atoms with Crippen LogP contribution in [0.25, 0.3) is 0 Å². The molecule has 5 N–H and O–H groups in total. The second kappa shape index (κ2) is 18.5. The van der Waals surface area contributed by atoms with Crippen molar-refractivity contribution in [2.24, 2.45) is 5.73 Å². The molecule has 4 nitrogen and oxygen atoms in total. The molecule has 0 aromatic heterocycles. The van der Waals surface area contributed by atoms with Gasteiger partial charge in [0.25, 0.3) is 0 Å². The quantitative estimate of drug-likeness (QED) is 0.320. The van der Waals surface area contributed by atoms with E-state index in [-0.39, 0.29) is 19.0 Å². The lowest BCUT2D eigenvalue weighted by atomic mass is 10.00. The molecule has 3 atom stereocenters. The number of aliphatic hydroxyl groups excluding tert-OH is 3. The molecule has 23 heavy (non-hydrogen) atoms. The van der Waals surface area contributed by atoms with Gasteiger partial charge in [-0.15, -0.1) is 12.4 Å². The predicted molar refractivity (Wildman–Crippen MR) is 100 cm³/mol. The highest BCUT2D eigenvalue weighted by atomic mass is 35.5. The maximum atomic E-state index is 9.74. The van der Waals surface area contributed by atoms with Gasteiger partial charge in [-0.25, -0.2) is 0 Å². The van der Waals surface area contributed by atoms with Crippen molar-refractivity contribution in [3.05, 3.63) is 0 Å². The van der Waals surface area contributed by atoms with Crippen molar-refractivity contribution in [1.29, 1.82) is 0 Å². The van der Waals surface area contributed by atoms with Crippen molar-refractivity contribution >= 4 is 12.4 Å². The summed E-state index contributed by atoms with van der Waals surface area (Å²) >= 11 is 0. The number of halogens is 1. The molecular formula is C18H40ClNO3. The molecule has 0 bridgehead atoms. The second-order valence-corrected chi connectivity index (χ2v) is 6.58. The van der Waals surface area contributed by atoms with E-state index in [4.69, 9.17) is 10.8 Å². The minimum absolute atomic E-state index is 0. The van der Waals surface area contributed by atoms with E-state index in [0.717, 1.165) is 12.8 Å². The summed E-state index contributed by atoms with van der Waals surface area (Å²) in [6.45, 7) is 1.96. The molecule has 0 fully saturated rings. The maximum absolute atomic E-state index is 9.74. The van der Waals surface area contributed by atoms with Crippen LogP contribution in [-0.2, 0) is 0 Å². The van der Waals surface area contributed by atoms with E-state index in [1.807, 2.05) is 0 Å². The van der Waals surface area contributed by atoms with E-state index in [1.54, 1.807) is 0 Å². The molecule has 0 aliphatic heterocycles. The first-order chi connectivity index (χ1) is 10.6. The van der Waals surface area contributed by atoms with E-state index in [2.05, 4.69) is 6.92 Å². The zero-order valence-corrected chi connectivity index (χ0v) is 15.8. The van der Waals surface area contributed by atoms with Gasteiger partial charge in [0.05, 0.1) is 24.9 Å². The van der Waals surface area contributed by atoms with E-state index in [1.165, 1.54) is 64.2 Å². The predicted octanol–water partition coefficient (Wildman–Crippen LogP) is 3.54. The molecule has 0 aliphatic rings. The molecule has 0 radical (unpaired) electrons. The highest BCUT2D eigenvalue weighted by molar-refractivity contribution is 5.85. The topological polar surface area (TPSA) is 86.7 Å². The molecule has 0 spiro atoms. The van der Waals surface area contributed by atoms with Gasteiger partial charge < -0.3 is 21.1 Å². The lowest BCUT2D eigenvalue weighted by Crippen LogP contribution is -2.45. The SMILES string of the molecule is CCCCCCCCCCCCCCC(O)C(O)C(N)CO.Cl. The summed E-state index contributed by atoms with van der Waals surface area (Å²) in [5, 5.41) is 28.2. The Bertz CT molecular complexity index is 232. The smallest absolute Gasteiger partial charge is 0.0971 e. The first-order valence-electron chi connectivity index (χ1n) is 9.36. The van der Waals surface area contributed by atoms with Crippen molar-refractivity contribution in [2.45, 2.75) is 109 Å². The van der Waals surface area contributed by atoms with Crippen LogP contribution in [0.3, 0.4) is 0 Å². The summed E-state index contributed by atoms with van der Waals surface area (Å²) in [4.78, 5) is 0. The molecular weight excluding hydrogens is 314 g/mol. The molecule has 0 aromatic rings. The third-order valence-electron chi connectivity index (χ3n) is 4.40. The van der Waals surface area contributed by atoms with Crippen LogP contribution in [0.4, 0.5) is 0 Å². The van der Waals surface area contributed by atoms with Gasteiger partial charge in [-0.05, 0) is 6.42 Å². The molecule has 142 valence electrons. The molecule has 0 rings (SSSR count). The molecule has 0 heterocycles. The summed E-state index contributed by atoms with van der Waals surface area (Å²) in [5.74, 6) is 0. The van der Waals surface area contributed by atoms with Gasteiger partial charge in [0, 0.05) is 0 Å². The number of unbranched alkanes of at least 4 members (excludes halogenated alkanes) is 11. The highest BCUT2D eigenvalue weighted by Crippen LogP contribution is 2.14. The zero-order chi connectivity index (χ0) is 16.6. The van der Waals surface area contributed by atoms with Gasteiger partial charge in [-0.2, -0.15) is 0 Å². The standard InChI is InChI=1S/C18H39NO3.ClH/c1-2-3-4-5-6-7-8-9-10-11-12-13-14-17(21)18(22)16(19)15-20;/h16-18,20-22H,2-15,19H2,1H3;1H. The summed E-state index contributed by atoms with van der Waals surface area (Å²) in [6, 6.07) is -0.743. The minimum atomic E-state index is -1.02. The first-order valence-corrected chi connectivity index (χ1v) is 9.36. The summed E-state index contributed by atoms with van der Waals surface area (Å²) in [5.41, 5.74) is 5.49. The van der Waals surface area contributed by atoms with Gasteiger partial charge in [0.2, 0.25) is 0 Å². The van der Waals surface area contributed by atoms with Crippen LogP contribution in [0.15, 0.2) is 0 Å². The molecule has 0 aliphatic carbocycles. The highest BCUT2D eigenvalue weighted by Gasteiger charge is 2.22. The van der Waals surface area contributed by atoms with Gasteiger partial charge >= 0.3 is 0 Å². The third kappa shape index (κ3) is 15.4. The second-order valence-electron chi connectivity index (χ2n) is 6.58. The first kappa shape index (κ1) is 25.4. The largest absolute Gasteiger partial charge is 0.395 e. The van der Waals surface area contributed by atoms with Crippen LogP contribution in [0.1, 0.15) is 90.4 Å². The Morgan fingerprint density at radius 1 is 0.739 bits per heavy atom. The number of hydrogen-bond acceptors (Lipinski definition) is 4. The summed E-state index contributed by atoms with van der Waals surface area (Å²) < 4.78 is 0. The van der Waals surface area contributed by atoms with E-state index < -0.39 is 18.2 Å². The summed E-state index contributed by atoms with van der Waals surface area (Å²) in [7, 11) is 0. The zero-order valence-electron chi connectivity index (χ0n) is 15.0. The van der Waals surface area contributed by atoms with Crippen molar-refractivity contribution < 1.29 is 15.3 Å². The number of rotatable bonds is 16. The Kier molecular flexibility index (Phi) is 20.4. The van der Waals surface area contributed by atoms with Gasteiger partial charge in [0.15, 0.2) is 0 Å². The maximum Gasteiger partial charge on any atom is 0.0971 e. The van der Waals surface area contributed by atoms with Crippen molar-refractivity contribution in [3.8, 4) is 0 Å². The van der Waals surface area contributed by atoms with Crippen LogP contribution in [0, 0.1) is 0 Å².